The molecular weight excluding hydrogens is 375 g/mol. The topological polar surface area (TPSA) is 59.8 Å². The van der Waals surface area contributed by atoms with Crippen molar-refractivity contribution in [2.45, 2.75) is 63.5 Å². The highest BCUT2D eigenvalue weighted by molar-refractivity contribution is 8.00. The van der Waals surface area contributed by atoms with Gasteiger partial charge in [-0.2, -0.15) is 0 Å². The summed E-state index contributed by atoms with van der Waals surface area (Å²) in [7, 11) is 0. The third kappa shape index (κ3) is 5.22. The Morgan fingerprint density at radius 1 is 1.36 bits per heavy atom. The predicted molar refractivity (Wildman–Crippen MR) is 113 cm³/mol. The maximum atomic E-state index is 14.3. The van der Waals surface area contributed by atoms with E-state index in [-0.39, 0.29) is 28.4 Å². The molecule has 1 aromatic heterocycles. The first kappa shape index (κ1) is 22.1. The van der Waals surface area contributed by atoms with Crippen LogP contribution in [0.2, 0.25) is 0 Å². The van der Waals surface area contributed by atoms with Gasteiger partial charge in [-0.3, -0.25) is 9.36 Å². The van der Waals surface area contributed by atoms with Crippen LogP contribution in [0.25, 0.3) is 11.4 Å². The predicted octanol–water partition coefficient (Wildman–Crippen LogP) is 4.69. The zero-order valence-electron chi connectivity index (χ0n) is 17.2. The molecule has 1 heterocycles. The molecule has 1 atom stereocenters. The van der Waals surface area contributed by atoms with Crippen molar-refractivity contribution >= 4 is 17.7 Å². The summed E-state index contributed by atoms with van der Waals surface area (Å²) >= 11 is 1.35. The van der Waals surface area contributed by atoms with Crippen LogP contribution in [0.3, 0.4) is 0 Å². The normalized spacial score (nSPS) is 12.8. The number of rotatable bonds is 9. The van der Waals surface area contributed by atoms with E-state index in [1.54, 1.807) is 28.8 Å². The first-order valence-electron chi connectivity index (χ1n) is 9.47. The molecule has 1 N–H and O–H groups in total. The Morgan fingerprint density at radius 2 is 2.04 bits per heavy atom. The van der Waals surface area contributed by atoms with Gasteiger partial charge < -0.3 is 5.32 Å². The van der Waals surface area contributed by atoms with Crippen molar-refractivity contribution in [2.75, 3.05) is 0 Å². The zero-order chi connectivity index (χ0) is 20.9. The van der Waals surface area contributed by atoms with Crippen LogP contribution in [0.1, 0.15) is 41.0 Å². The zero-order valence-corrected chi connectivity index (χ0v) is 18.0. The summed E-state index contributed by atoms with van der Waals surface area (Å²) in [6.45, 7) is 14.3. The van der Waals surface area contributed by atoms with Gasteiger partial charge in [0.1, 0.15) is 5.82 Å². The fourth-order valence-electron chi connectivity index (χ4n) is 2.61. The molecule has 1 amide bonds. The van der Waals surface area contributed by atoms with E-state index < -0.39 is 0 Å². The summed E-state index contributed by atoms with van der Waals surface area (Å²) in [6, 6.07) is 6.46. The second-order valence-corrected chi connectivity index (χ2v) is 8.80. The second kappa shape index (κ2) is 9.37. The minimum atomic E-state index is -0.361. The number of thioether (sulfide) groups is 1. The molecule has 2 rings (SSSR count). The molecule has 2 aromatic rings. The smallest absolute Gasteiger partial charge is 0.234 e. The lowest BCUT2D eigenvalue weighted by atomic mass is 10.0. The number of halogens is 1. The van der Waals surface area contributed by atoms with Crippen LogP contribution in [0.4, 0.5) is 4.39 Å². The van der Waals surface area contributed by atoms with Crippen molar-refractivity contribution in [1.29, 1.82) is 0 Å². The minimum Gasteiger partial charge on any atom is -0.350 e. The van der Waals surface area contributed by atoms with Crippen molar-refractivity contribution in [1.82, 2.24) is 20.1 Å². The maximum absolute atomic E-state index is 14.3. The van der Waals surface area contributed by atoms with E-state index >= 15 is 0 Å². The average Bonchev–Trinajstić information content (AvgIpc) is 3.02. The Balaban J connectivity index is 2.37. The molecule has 0 fully saturated rings. The van der Waals surface area contributed by atoms with Gasteiger partial charge in [-0.15, -0.1) is 16.8 Å². The summed E-state index contributed by atoms with van der Waals surface area (Å²) in [5, 5.41) is 11.8. The third-order valence-corrected chi connectivity index (χ3v) is 6.11. The number of carbonyl (C=O) groups excluding carboxylic acids is 1. The van der Waals surface area contributed by atoms with Crippen LogP contribution in [0.15, 0.2) is 42.1 Å². The van der Waals surface area contributed by atoms with Gasteiger partial charge in [0.2, 0.25) is 5.91 Å². The van der Waals surface area contributed by atoms with Crippen molar-refractivity contribution < 1.29 is 9.18 Å². The lowest BCUT2D eigenvalue weighted by Gasteiger charge is -2.28. The van der Waals surface area contributed by atoms with Crippen LogP contribution >= 0.6 is 11.8 Å². The van der Waals surface area contributed by atoms with E-state index in [9.17, 15) is 9.18 Å². The van der Waals surface area contributed by atoms with Gasteiger partial charge in [0.05, 0.1) is 10.8 Å². The van der Waals surface area contributed by atoms with Gasteiger partial charge in [-0.25, -0.2) is 4.39 Å². The van der Waals surface area contributed by atoms with Crippen LogP contribution in [-0.2, 0) is 11.3 Å². The number of amides is 1. The number of aromatic nitrogens is 3. The van der Waals surface area contributed by atoms with E-state index in [4.69, 9.17) is 0 Å². The number of nitrogens with zero attached hydrogens (tertiary/aromatic N) is 3. The summed E-state index contributed by atoms with van der Waals surface area (Å²) in [5.41, 5.74) is 0.0964. The summed E-state index contributed by atoms with van der Waals surface area (Å²) in [6.07, 6.45) is 2.54. The molecule has 5 nitrogen and oxygen atoms in total. The van der Waals surface area contributed by atoms with Gasteiger partial charge in [-0.1, -0.05) is 50.7 Å². The van der Waals surface area contributed by atoms with Crippen LogP contribution < -0.4 is 5.32 Å². The Hall–Kier alpha value is -2.15. The molecule has 0 aliphatic rings. The molecule has 1 unspecified atom stereocenters. The third-order valence-electron chi connectivity index (χ3n) is 4.59. The standard InChI is InChI=1S/C21H29FN4OS/c1-7-13-26-18(15-11-9-10-12-16(15)22)24-25-20(26)28-17(14(3)4)19(27)23-21(5,6)8-2/h7,9-12,14,17H,1,8,13H2,2-6H3,(H,23,27). The van der Waals surface area contributed by atoms with Gasteiger partial charge in [0.25, 0.3) is 0 Å². The number of nitrogens with one attached hydrogen (secondary N) is 1. The lowest BCUT2D eigenvalue weighted by Crippen LogP contribution is -2.47. The molecule has 152 valence electrons. The van der Waals surface area contributed by atoms with E-state index in [0.29, 0.717) is 23.1 Å². The fraction of sp³-hybridized carbons (Fsp3) is 0.476. The Morgan fingerprint density at radius 3 is 2.61 bits per heavy atom. The van der Waals surface area contributed by atoms with Crippen molar-refractivity contribution in [2.24, 2.45) is 5.92 Å². The van der Waals surface area contributed by atoms with Crippen LogP contribution in [-0.4, -0.2) is 31.5 Å². The number of carbonyl (C=O) groups is 1. The quantitative estimate of drug-likeness (QED) is 0.486. The number of allylic oxidation sites excluding steroid dienone is 1. The molecule has 0 saturated heterocycles. The Kier molecular flexibility index (Phi) is 7.41. The first-order chi connectivity index (χ1) is 13.2. The molecule has 0 bridgehead atoms. The second-order valence-electron chi connectivity index (χ2n) is 7.69. The Labute approximate surface area is 170 Å². The highest BCUT2D eigenvalue weighted by Crippen LogP contribution is 2.31. The molecular formula is C21H29FN4OS. The highest BCUT2D eigenvalue weighted by atomic mass is 32.2. The maximum Gasteiger partial charge on any atom is 0.234 e. The fourth-order valence-corrected chi connectivity index (χ4v) is 3.65. The summed E-state index contributed by atoms with van der Waals surface area (Å²) < 4.78 is 16.1. The van der Waals surface area contributed by atoms with Gasteiger partial charge in [-0.05, 0) is 38.3 Å². The molecule has 0 aliphatic heterocycles. The lowest BCUT2D eigenvalue weighted by molar-refractivity contribution is -0.122. The number of hydrogen-bond donors (Lipinski definition) is 1. The molecule has 0 saturated carbocycles. The Bertz CT molecular complexity index is 832. The molecule has 7 heteroatoms. The summed E-state index contributed by atoms with van der Waals surface area (Å²) in [4.78, 5) is 12.9. The van der Waals surface area contributed by atoms with Crippen LogP contribution in [0.5, 0.6) is 0 Å². The highest BCUT2D eigenvalue weighted by Gasteiger charge is 2.30. The van der Waals surface area contributed by atoms with E-state index in [1.807, 2.05) is 34.6 Å². The van der Waals surface area contributed by atoms with Crippen molar-refractivity contribution in [3.8, 4) is 11.4 Å². The molecule has 1 aromatic carbocycles. The molecule has 28 heavy (non-hydrogen) atoms. The SMILES string of the molecule is C=CCn1c(SC(C(=O)NC(C)(C)CC)C(C)C)nnc1-c1ccccc1F. The minimum absolute atomic E-state index is 0.0348. The number of benzene rings is 1. The number of hydrogen-bond acceptors (Lipinski definition) is 4. The van der Waals surface area contributed by atoms with E-state index in [1.165, 1.54) is 17.8 Å². The first-order valence-corrected chi connectivity index (χ1v) is 10.4. The monoisotopic (exact) mass is 404 g/mol. The average molecular weight is 405 g/mol. The van der Waals surface area contributed by atoms with Crippen molar-refractivity contribution in [3.63, 3.8) is 0 Å². The molecule has 0 aliphatic carbocycles. The largest absolute Gasteiger partial charge is 0.350 e. The van der Waals surface area contributed by atoms with Gasteiger partial charge in [0.15, 0.2) is 11.0 Å². The summed E-state index contributed by atoms with van der Waals surface area (Å²) in [5.74, 6) is 0.118. The van der Waals surface area contributed by atoms with Crippen molar-refractivity contribution in [3.05, 3.63) is 42.7 Å². The molecule has 0 radical (unpaired) electrons. The van der Waals surface area contributed by atoms with Gasteiger partial charge >= 0.3 is 0 Å². The van der Waals surface area contributed by atoms with E-state index in [2.05, 4.69) is 22.1 Å². The van der Waals surface area contributed by atoms with Gasteiger partial charge in [0, 0.05) is 12.1 Å². The van der Waals surface area contributed by atoms with E-state index in [0.717, 1.165) is 6.42 Å². The molecule has 0 spiro atoms. The van der Waals surface area contributed by atoms with Crippen LogP contribution in [0, 0.1) is 11.7 Å².